The normalized spacial score (nSPS) is 14.1. The van der Waals surface area contributed by atoms with Crippen molar-refractivity contribution in [1.82, 2.24) is 24.9 Å². The number of nitrogens with zero attached hydrogens (tertiary/aromatic N) is 4. The van der Waals surface area contributed by atoms with Crippen LogP contribution in [-0.2, 0) is 7.05 Å². The number of rotatable bonds is 8. The summed E-state index contributed by atoms with van der Waals surface area (Å²) in [6, 6.07) is 4.86. The van der Waals surface area contributed by atoms with Gasteiger partial charge in [-0.3, -0.25) is 14.4 Å². The summed E-state index contributed by atoms with van der Waals surface area (Å²) in [7, 11) is 6.37. The largest absolute Gasteiger partial charge is 0.497 e. The second-order valence-electron chi connectivity index (χ2n) is 7.34. The summed E-state index contributed by atoms with van der Waals surface area (Å²) >= 11 is 0. The van der Waals surface area contributed by atoms with Crippen molar-refractivity contribution in [2.24, 2.45) is 7.05 Å². The van der Waals surface area contributed by atoms with Crippen molar-refractivity contribution in [3.8, 4) is 17.4 Å². The fourth-order valence-electron chi connectivity index (χ4n) is 3.49. The van der Waals surface area contributed by atoms with Crippen molar-refractivity contribution < 1.29 is 23.8 Å². The highest BCUT2D eigenvalue weighted by atomic mass is 16.5. The number of aromatic nitrogens is 2. The molecule has 1 fully saturated rings. The Labute approximate surface area is 187 Å². The molecule has 0 saturated carbocycles. The minimum atomic E-state index is -0.308. The van der Waals surface area contributed by atoms with Crippen molar-refractivity contribution in [3.63, 3.8) is 0 Å². The highest BCUT2D eigenvalue weighted by Gasteiger charge is 2.26. The third-order valence-electron chi connectivity index (χ3n) is 5.20. The lowest BCUT2D eigenvalue weighted by atomic mass is 10.2. The van der Waals surface area contributed by atoms with Crippen molar-refractivity contribution in [3.05, 3.63) is 30.0 Å². The van der Waals surface area contributed by atoms with Crippen LogP contribution in [0, 0.1) is 0 Å². The molecular formula is C21H30N6O5. The molecule has 0 bridgehead atoms. The molecule has 0 unspecified atom stereocenters. The Morgan fingerprint density at radius 3 is 2.25 bits per heavy atom. The number of nitrogens with one attached hydrogen (secondary N) is 2. The molecule has 11 heteroatoms. The first kappa shape index (κ1) is 23.2. The van der Waals surface area contributed by atoms with Crippen LogP contribution in [0.3, 0.4) is 0 Å². The van der Waals surface area contributed by atoms with Gasteiger partial charge in [-0.15, -0.1) is 5.10 Å². The number of aryl methyl sites for hydroxylation is 1. The standard InChI is InChI=1S/C21H30N6O5/c1-25-14-18(19(24-25)32-4)20(28)27-9-7-26(8-10-27)6-5-22-21(29)23-15-11-16(30-2)13-17(12-15)31-3/h11-14H,5-10H2,1-4H3,(H2,22,23,29). The molecular weight excluding hydrogens is 416 g/mol. The summed E-state index contributed by atoms with van der Waals surface area (Å²) in [6.07, 6.45) is 1.67. The van der Waals surface area contributed by atoms with Crippen molar-refractivity contribution >= 4 is 17.6 Å². The molecule has 1 aliphatic heterocycles. The van der Waals surface area contributed by atoms with Gasteiger partial charge in [0.1, 0.15) is 17.1 Å². The Morgan fingerprint density at radius 2 is 1.66 bits per heavy atom. The topological polar surface area (TPSA) is 110 Å². The van der Waals surface area contributed by atoms with Gasteiger partial charge in [-0.25, -0.2) is 4.79 Å². The van der Waals surface area contributed by atoms with E-state index in [0.717, 1.165) is 13.1 Å². The molecule has 174 valence electrons. The van der Waals surface area contributed by atoms with E-state index < -0.39 is 0 Å². The number of carbonyl (C=O) groups is 2. The zero-order chi connectivity index (χ0) is 23.1. The molecule has 1 aromatic carbocycles. The van der Waals surface area contributed by atoms with Crippen LogP contribution >= 0.6 is 0 Å². The van der Waals surface area contributed by atoms with Crippen LogP contribution in [0.2, 0.25) is 0 Å². The fraction of sp³-hybridized carbons (Fsp3) is 0.476. The molecule has 2 aromatic rings. The minimum Gasteiger partial charge on any atom is -0.497 e. The second-order valence-corrected chi connectivity index (χ2v) is 7.34. The third-order valence-corrected chi connectivity index (χ3v) is 5.20. The molecule has 3 amide bonds. The van der Waals surface area contributed by atoms with Crippen molar-refractivity contribution in [1.29, 1.82) is 0 Å². The third kappa shape index (κ3) is 5.82. The fourth-order valence-corrected chi connectivity index (χ4v) is 3.49. The minimum absolute atomic E-state index is 0.0826. The number of urea groups is 1. The zero-order valence-electron chi connectivity index (χ0n) is 18.9. The maximum absolute atomic E-state index is 12.8. The Balaban J connectivity index is 1.41. The average molecular weight is 447 g/mol. The zero-order valence-corrected chi connectivity index (χ0v) is 18.9. The molecule has 1 aromatic heterocycles. The molecule has 3 rings (SSSR count). The maximum Gasteiger partial charge on any atom is 0.319 e. The van der Waals surface area contributed by atoms with E-state index in [2.05, 4.69) is 20.6 Å². The predicted octanol–water partition coefficient (Wildman–Crippen LogP) is 1.03. The first-order valence-electron chi connectivity index (χ1n) is 10.3. The second kappa shape index (κ2) is 10.7. The van der Waals surface area contributed by atoms with Crippen molar-refractivity contribution in [2.45, 2.75) is 0 Å². The summed E-state index contributed by atoms with van der Waals surface area (Å²) in [5, 5.41) is 9.77. The quantitative estimate of drug-likeness (QED) is 0.623. The number of piperazine rings is 1. The SMILES string of the molecule is COc1cc(NC(=O)NCCN2CCN(C(=O)c3cn(C)nc3OC)CC2)cc(OC)c1. The van der Waals surface area contributed by atoms with Gasteiger partial charge in [-0.1, -0.05) is 0 Å². The number of methoxy groups -OCH3 is 3. The Hall–Kier alpha value is -3.47. The van der Waals surface area contributed by atoms with E-state index in [4.69, 9.17) is 14.2 Å². The van der Waals surface area contributed by atoms with E-state index >= 15 is 0 Å². The molecule has 2 N–H and O–H groups in total. The number of hydrogen-bond acceptors (Lipinski definition) is 7. The lowest BCUT2D eigenvalue weighted by Gasteiger charge is -2.34. The van der Waals surface area contributed by atoms with E-state index in [-0.39, 0.29) is 11.9 Å². The lowest BCUT2D eigenvalue weighted by Crippen LogP contribution is -2.50. The number of hydrogen-bond donors (Lipinski definition) is 2. The summed E-state index contributed by atoms with van der Waals surface area (Å²) in [5.74, 6) is 1.44. The van der Waals surface area contributed by atoms with Crippen LogP contribution in [0.15, 0.2) is 24.4 Å². The molecule has 0 aliphatic carbocycles. The molecule has 11 nitrogen and oxygen atoms in total. The number of amides is 3. The van der Waals surface area contributed by atoms with Crippen LogP contribution in [-0.4, -0.2) is 92.1 Å². The van der Waals surface area contributed by atoms with Gasteiger partial charge in [-0.2, -0.15) is 0 Å². The van der Waals surface area contributed by atoms with Gasteiger partial charge in [0, 0.05) is 76.4 Å². The van der Waals surface area contributed by atoms with Crippen LogP contribution in [0.4, 0.5) is 10.5 Å². The summed E-state index contributed by atoms with van der Waals surface area (Å²) in [6.45, 7) is 3.83. The van der Waals surface area contributed by atoms with Gasteiger partial charge in [0.15, 0.2) is 0 Å². The molecule has 0 radical (unpaired) electrons. The predicted molar refractivity (Wildman–Crippen MR) is 119 cm³/mol. The van der Waals surface area contributed by atoms with Crippen LogP contribution < -0.4 is 24.8 Å². The maximum atomic E-state index is 12.8. The Bertz CT molecular complexity index is 917. The van der Waals surface area contributed by atoms with Crippen LogP contribution in [0.1, 0.15) is 10.4 Å². The highest BCUT2D eigenvalue weighted by Crippen LogP contribution is 2.25. The summed E-state index contributed by atoms with van der Waals surface area (Å²) in [4.78, 5) is 29.0. The van der Waals surface area contributed by atoms with Gasteiger partial charge in [-0.05, 0) is 0 Å². The molecule has 0 spiro atoms. The van der Waals surface area contributed by atoms with E-state index in [0.29, 0.717) is 54.8 Å². The van der Waals surface area contributed by atoms with Crippen molar-refractivity contribution in [2.75, 3.05) is 65.9 Å². The number of anilines is 1. The first-order chi connectivity index (χ1) is 15.4. The Kier molecular flexibility index (Phi) is 7.77. The Morgan fingerprint density at radius 1 is 1.00 bits per heavy atom. The first-order valence-corrected chi connectivity index (χ1v) is 10.3. The van der Waals surface area contributed by atoms with E-state index in [1.165, 1.54) is 7.11 Å². The molecule has 2 heterocycles. The van der Waals surface area contributed by atoms with Gasteiger partial charge >= 0.3 is 6.03 Å². The smallest absolute Gasteiger partial charge is 0.319 e. The van der Waals surface area contributed by atoms with Crippen LogP contribution in [0.25, 0.3) is 0 Å². The van der Waals surface area contributed by atoms with E-state index in [1.807, 2.05) is 0 Å². The summed E-state index contributed by atoms with van der Waals surface area (Å²) in [5.41, 5.74) is 1.05. The highest BCUT2D eigenvalue weighted by molar-refractivity contribution is 5.96. The number of carbonyl (C=O) groups excluding carboxylic acids is 2. The van der Waals surface area contributed by atoms with E-state index in [1.54, 1.807) is 55.2 Å². The molecule has 1 saturated heterocycles. The van der Waals surface area contributed by atoms with Gasteiger partial charge in [0.05, 0.1) is 21.3 Å². The summed E-state index contributed by atoms with van der Waals surface area (Å²) < 4.78 is 17.2. The molecule has 1 aliphatic rings. The molecule has 0 atom stereocenters. The van der Waals surface area contributed by atoms with Gasteiger partial charge in [0.2, 0.25) is 5.88 Å². The lowest BCUT2D eigenvalue weighted by molar-refractivity contribution is 0.0636. The number of ether oxygens (including phenoxy) is 3. The molecule has 32 heavy (non-hydrogen) atoms. The monoisotopic (exact) mass is 446 g/mol. The van der Waals surface area contributed by atoms with E-state index in [9.17, 15) is 9.59 Å². The average Bonchev–Trinajstić information content (AvgIpc) is 3.19. The van der Waals surface area contributed by atoms with Gasteiger partial charge in [0.25, 0.3) is 5.91 Å². The van der Waals surface area contributed by atoms with Crippen LogP contribution in [0.5, 0.6) is 17.4 Å². The number of benzene rings is 1. The van der Waals surface area contributed by atoms with Gasteiger partial charge < -0.3 is 29.7 Å².